The second kappa shape index (κ2) is 7.43. The summed E-state index contributed by atoms with van der Waals surface area (Å²) < 4.78 is 0. The third-order valence-corrected chi connectivity index (χ3v) is 3.43. The Morgan fingerprint density at radius 2 is 1.80 bits per heavy atom. The summed E-state index contributed by atoms with van der Waals surface area (Å²) >= 11 is 0. The zero-order valence-corrected chi connectivity index (χ0v) is 14.0. The summed E-state index contributed by atoms with van der Waals surface area (Å²) in [5, 5.41) is 5.42. The molecule has 3 N–H and O–H groups in total. The highest BCUT2D eigenvalue weighted by molar-refractivity contribution is 5.88. The number of anilines is 2. The molecule has 3 rings (SSSR count). The molecule has 0 saturated carbocycles. The molecule has 0 radical (unpaired) electrons. The van der Waals surface area contributed by atoms with Crippen LogP contribution in [-0.2, 0) is 6.54 Å². The summed E-state index contributed by atoms with van der Waals surface area (Å²) in [5.74, 6) is 1.25. The first kappa shape index (κ1) is 16.4. The average Bonchev–Trinajstić information content (AvgIpc) is 3.10. The molecule has 2 heterocycles. The number of imidazole rings is 1. The van der Waals surface area contributed by atoms with E-state index in [9.17, 15) is 4.79 Å². The fraction of sp³-hybridized carbons (Fsp3) is 0.176. The third kappa shape index (κ3) is 4.31. The van der Waals surface area contributed by atoms with Gasteiger partial charge in [0, 0.05) is 14.1 Å². The number of benzene rings is 1. The highest BCUT2D eigenvalue weighted by Gasteiger charge is 2.06. The van der Waals surface area contributed by atoms with E-state index in [1.54, 1.807) is 23.5 Å². The predicted molar refractivity (Wildman–Crippen MR) is 96.2 cm³/mol. The lowest BCUT2D eigenvalue weighted by Crippen LogP contribution is -2.28. The van der Waals surface area contributed by atoms with Gasteiger partial charge in [0.25, 0.3) is 0 Å². The Bertz CT molecular complexity index is 828. The van der Waals surface area contributed by atoms with Gasteiger partial charge in [0.05, 0.1) is 36.5 Å². The van der Waals surface area contributed by atoms with Crippen molar-refractivity contribution in [3.05, 3.63) is 54.7 Å². The first-order chi connectivity index (χ1) is 12.1. The molecule has 1 aromatic carbocycles. The molecule has 0 saturated heterocycles. The summed E-state index contributed by atoms with van der Waals surface area (Å²) in [6.45, 7) is 0.287. The molecule has 128 valence electrons. The molecule has 3 aromatic rings. The van der Waals surface area contributed by atoms with Gasteiger partial charge in [-0.2, -0.15) is 0 Å². The molecule has 0 unspecified atom stereocenters. The van der Waals surface area contributed by atoms with Crippen molar-refractivity contribution in [3.63, 3.8) is 0 Å². The Kier molecular flexibility index (Phi) is 4.89. The summed E-state index contributed by atoms with van der Waals surface area (Å²) in [6, 6.07) is 9.53. The minimum atomic E-state index is -0.348. The second-order valence-electron chi connectivity index (χ2n) is 5.58. The number of nitrogens with one attached hydrogen (secondary N) is 3. The molecule has 0 aliphatic heterocycles. The highest BCUT2D eigenvalue weighted by Crippen LogP contribution is 2.15. The van der Waals surface area contributed by atoms with Gasteiger partial charge in [-0.25, -0.2) is 19.7 Å². The van der Waals surface area contributed by atoms with E-state index >= 15 is 0 Å². The molecule has 8 heteroatoms. The van der Waals surface area contributed by atoms with E-state index in [0.717, 1.165) is 11.3 Å². The van der Waals surface area contributed by atoms with Crippen LogP contribution < -0.4 is 15.5 Å². The number of rotatable bonds is 5. The number of carbonyl (C=O) groups excluding carboxylic acids is 1. The lowest BCUT2D eigenvalue weighted by Gasteiger charge is -2.10. The molecule has 0 bridgehead atoms. The van der Waals surface area contributed by atoms with Crippen molar-refractivity contribution in [2.75, 3.05) is 24.3 Å². The van der Waals surface area contributed by atoms with Crippen molar-refractivity contribution in [3.8, 4) is 11.3 Å². The molecule has 0 aliphatic carbocycles. The van der Waals surface area contributed by atoms with Crippen LogP contribution in [0.1, 0.15) is 5.82 Å². The van der Waals surface area contributed by atoms with Crippen LogP contribution >= 0.6 is 0 Å². The van der Waals surface area contributed by atoms with Gasteiger partial charge < -0.3 is 20.5 Å². The van der Waals surface area contributed by atoms with Crippen LogP contribution in [0.2, 0.25) is 0 Å². The molecule has 25 heavy (non-hydrogen) atoms. The fourth-order valence-electron chi connectivity index (χ4n) is 2.17. The maximum absolute atomic E-state index is 12.0. The Balaban J connectivity index is 1.53. The van der Waals surface area contributed by atoms with Crippen LogP contribution in [0.3, 0.4) is 0 Å². The zero-order valence-electron chi connectivity index (χ0n) is 14.0. The van der Waals surface area contributed by atoms with Crippen LogP contribution in [0, 0.1) is 0 Å². The standard InChI is InChI=1S/C17H19N7O/c1-24(2)16-19-8-13(9-20-16)22-17(25)21-11-15-18-10-14(23-15)12-6-4-3-5-7-12/h3-10H,11H2,1-2H3,(H,18,23)(H2,21,22,25). The van der Waals surface area contributed by atoms with Gasteiger partial charge in [-0.3, -0.25) is 0 Å². The molecular formula is C17H19N7O. The number of urea groups is 1. The topological polar surface area (TPSA) is 98.8 Å². The van der Waals surface area contributed by atoms with Crippen LogP contribution in [0.25, 0.3) is 11.3 Å². The van der Waals surface area contributed by atoms with Gasteiger partial charge in [0.2, 0.25) is 5.95 Å². The van der Waals surface area contributed by atoms with Gasteiger partial charge >= 0.3 is 6.03 Å². The smallest absolute Gasteiger partial charge is 0.319 e. The van der Waals surface area contributed by atoms with E-state index in [1.165, 1.54) is 0 Å². The summed E-state index contributed by atoms with van der Waals surface area (Å²) in [5.41, 5.74) is 2.47. The van der Waals surface area contributed by atoms with Gasteiger partial charge in [-0.05, 0) is 5.56 Å². The number of carbonyl (C=O) groups is 1. The van der Waals surface area contributed by atoms with Crippen molar-refractivity contribution >= 4 is 17.7 Å². The molecule has 0 aliphatic rings. The van der Waals surface area contributed by atoms with Crippen molar-refractivity contribution in [1.29, 1.82) is 0 Å². The van der Waals surface area contributed by atoms with E-state index in [1.807, 2.05) is 44.4 Å². The molecule has 8 nitrogen and oxygen atoms in total. The number of aromatic amines is 1. The molecule has 0 atom stereocenters. The minimum Gasteiger partial charge on any atom is -0.347 e. The fourth-order valence-corrected chi connectivity index (χ4v) is 2.17. The maximum atomic E-state index is 12.0. The van der Waals surface area contributed by atoms with E-state index < -0.39 is 0 Å². The zero-order chi connectivity index (χ0) is 17.6. The molecule has 0 spiro atoms. The van der Waals surface area contributed by atoms with Crippen molar-refractivity contribution in [2.24, 2.45) is 0 Å². The van der Waals surface area contributed by atoms with Crippen LogP contribution in [-0.4, -0.2) is 40.1 Å². The number of hydrogen-bond donors (Lipinski definition) is 3. The SMILES string of the molecule is CN(C)c1ncc(NC(=O)NCc2ncc(-c3ccccc3)[nH]2)cn1. The maximum Gasteiger partial charge on any atom is 0.319 e. The van der Waals surface area contributed by atoms with Crippen molar-refractivity contribution in [2.45, 2.75) is 6.54 Å². The summed E-state index contributed by atoms with van der Waals surface area (Å²) in [4.78, 5) is 29.5. The minimum absolute atomic E-state index is 0.287. The van der Waals surface area contributed by atoms with E-state index in [4.69, 9.17) is 0 Å². The van der Waals surface area contributed by atoms with Gasteiger partial charge in [0.15, 0.2) is 0 Å². The molecule has 2 amide bonds. The summed E-state index contributed by atoms with van der Waals surface area (Å²) in [7, 11) is 3.70. The number of hydrogen-bond acceptors (Lipinski definition) is 5. The Morgan fingerprint density at radius 1 is 1.08 bits per heavy atom. The third-order valence-electron chi connectivity index (χ3n) is 3.43. The first-order valence-electron chi connectivity index (χ1n) is 7.75. The van der Waals surface area contributed by atoms with Gasteiger partial charge in [0.1, 0.15) is 5.82 Å². The predicted octanol–water partition coefficient (Wildman–Crippen LogP) is 2.25. The quantitative estimate of drug-likeness (QED) is 0.663. The van der Waals surface area contributed by atoms with E-state index in [2.05, 4.69) is 30.6 Å². The lowest BCUT2D eigenvalue weighted by molar-refractivity contribution is 0.251. The average molecular weight is 337 g/mol. The van der Waals surface area contributed by atoms with Crippen LogP contribution in [0.15, 0.2) is 48.9 Å². The van der Waals surface area contributed by atoms with E-state index in [0.29, 0.717) is 17.5 Å². The van der Waals surface area contributed by atoms with E-state index in [-0.39, 0.29) is 12.6 Å². The number of aromatic nitrogens is 4. The largest absolute Gasteiger partial charge is 0.347 e. The van der Waals surface area contributed by atoms with Crippen molar-refractivity contribution in [1.82, 2.24) is 25.3 Å². The second-order valence-corrected chi connectivity index (χ2v) is 5.58. The molecule has 2 aromatic heterocycles. The number of amides is 2. The monoisotopic (exact) mass is 337 g/mol. The summed E-state index contributed by atoms with van der Waals surface area (Å²) in [6.07, 6.45) is 4.86. The van der Waals surface area contributed by atoms with Crippen LogP contribution in [0.4, 0.5) is 16.4 Å². The van der Waals surface area contributed by atoms with Gasteiger partial charge in [-0.1, -0.05) is 30.3 Å². The highest BCUT2D eigenvalue weighted by atomic mass is 16.2. The van der Waals surface area contributed by atoms with Gasteiger partial charge in [-0.15, -0.1) is 0 Å². The first-order valence-corrected chi connectivity index (χ1v) is 7.75. The Hall–Kier alpha value is -3.42. The number of nitrogens with zero attached hydrogens (tertiary/aromatic N) is 4. The Morgan fingerprint density at radius 3 is 2.48 bits per heavy atom. The Labute approximate surface area is 145 Å². The molecular weight excluding hydrogens is 318 g/mol. The number of H-pyrrole nitrogens is 1. The normalized spacial score (nSPS) is 10.3. The molecule has 0 fully saturated rings. The van der Waals surface area contributed by atoms with Crippen LogP contribution in [0.5, 0.6) is 0 Å². The van der Waals surface area contributed by atoms with Crippen molar-refractivity contribution < 1.29 is 4.79 Å². The lowest BCUT2D eigenvalue weighted by atomic mass is 10.2.